The third-order valence-electron chi connectivity index (χ3n) is 6.11. The Morgan fingerprint density at radius 3 is 2.88 bits per heavy atom. The average Bonchev–Trinajstić information content (AvgIpc) is 3.44. The van der Waals surface area contributed by atoms with E-state index in [0.717, 1.165) is 41.1 Å². The number of hydrogen-bond donors (Lipinski definition) is 1. The van der Waals surface area contributed by atoms with E-state index in [1.165, 1.54) is 12.1 Å². The van der Waals surface area contributed by atoms with Crippen molar-refractivity contribution >= 4 is 11.9 Å². The highest BCUT2D eigenvalue weighted by Crippen LogP contribution is 2.40. The molecule has 33 heavy (non-hydrogen) atoms. The molecule has 1 aromatic heterocycles. The Morgan fingerprint density at radius 2 is 2.15 bits per heavy atom. The maximum Gasteiger partial charge on any atom is 0.260 e. The van der Waals surface area contributed by atoms with Gasteiger partial charge in [-0.1, -0.05) is 23.4 Å². The van der Waals surface area contributed by atoms with Crippen LogP contribution in [0.5, 0.6) is 5.75 Å². The van der Waals surface area contributed by atoms with E-state index in [4.69, 9.17) is 9.57 Å². The van der Waals surface area contributed by atoms with Gasteiger partial charge in [-0.25, -0.2) is 9.37 Å². The molecule has 5 rings (SSSR count). The zero-order valence-electron chi connectivity index (χ0n) is 18.5. The van der Waals surface area contributed by atoms with Gasteiger partial charge in [-0.2, -0.15) is 0 Å². The number of benzene rings is 2. The van der Waals surface area contributed by atoms with Crippen LogP contribution >= 0.6 is 0 Å². The summed E-state index contributed by atoms with van der Waals surface area (Å²) in [7, 11) is 1.64. The fraction of sp³-hybridized carbons (Fsp3) is 0.280. The fourth-order valence-electron chi connectivity index (χ4n) is 4.48. The third-order valence-corrected chi connectivity index (χ3v) is 6.11. The van der Waals surface area contributed by atoms with Crippen LogP contribution in [0.4, 0.5) is 4.39 Å². The Morgan fingerprint density at radius 1 is 1.27 bits per heavy atom. The summed E-state index contributed by atoms with van der Waals surface area (Å²) in [5.41, 5.74) is 3.08. The molecule has 0 spiro atoms. The van der Waals surface area contributed by atoms with Crippen molar-refractivity contribution < 1.29 is 19.1 Å². The normalized spacial score (nSPS) is 21.0. The number of oxime groups is 1. The lowest BCUT2D eigenvalue weighted by Crippen LogP contribution is -2.51. The summed E-state index contributed by atoms with van der Waals surface area (Å²) in [6, 6.07) is 12.1. The molecule has 0 radical (unpaired) electrons. The van der Waals surface area contributed by atoms with Crippen molar-refractivity contribution in [2.45, 2.75) is 25.5 Å². The van der Waals surface area contributed by atoms with E-state index in [1.807, 2.05) is 40.8 Å². The first-order valence-electron chi connectivity index (χ1n) is 10.8. The lowest BCUT2D eigenvalue weighted by atomic mass is 9.94. The largest absolute Gasteiger partial charge is 0.495 e. The molecule has 3 heterocycles. The van der Waals surface area contributed by atoms with Crippen molar-refractivity contribution in [2.75, 3.05) is 20.3 Å². The van der Waals surface area contributed by atoms with Gasteiger partial charge in [0, 0.05) is 18.3 Å². The second-order valence-electron chi connectivity index (χ2n) is 8.24. The number of aryl methyl sites for hydroxylation is 1. The molecule has 1 fully saturated rings. The maximum absolute atomic E-state index is 13.9. The molecule has 2 aliphatic rings. The number of aliphatic hydroxyl groups excluding tert-OH is 1. The summed E-state index contributed by atoms with van der Waals surface area (Å²) >= 11 is 0. The van der Waals surface area contributed by atoms with E-state index in [0.29, 0.717) is 17.9 Å². The number of nitrogens with zero attached hydrogens (tertiary/aromatic N) is 4. The SMILES string of the molecule is COc1cc(/C=C2\CCCN3C2=NOC3(CO)c2cccc(F)c2)ccc1-n1cnc(C)c1. The van der Waals surface area contributed by atoms with E-state index >= 15 is 0 Å². The number of amidine groups is 1. The Kier molecular flexibility index (Phi) is 5.38. The van der Waals surface area contributed by atoms with Crippen LogP contribution in [0.25, 0.3) is 11.8 Å². The minimum absolute atomic E-state index is 0.344. The first-order valence-corrected chi connectivity index (χ1v) is 10.8. The number of fused-ring (bicyclic) bond motifs is 1. The van der Waals surface area contributed by atoms with Crippen LogP contribution in [0.15, 0.2) is 65.7 Å². The Bertz CT molecular complexity index is 1250. The number of halogens is 1. The summed E-state index contributed by atoms with van der Waals surface area (Å²) in [6.45, 7) is 2.25. The number of imidazole rings is 1. The van der Waals surface area contributed by atoms with Gasteiger partial charge < -0.3 is 24.1 Å². The average molecular weight is 448 g/mol. The zero-order valence-corrected chi connectivity index (χ0v) is 18.5. The van der Waals surface area contributed by atoms with E-state index in [9.17, 15) is 9.50 Å². The van der Waals surface area contributed by atoms with Crippen molar-refractivity contribution in [3.8, 4) is 11.4 Å². The number of hydrogen-bond acceptors (Lipinski definition) is 6. The number of aliphatic hydroxyl groups is 1. The van der Waals surface area contributed by atoms with E-state index < -0.39 is 5.72 Å². The quantitative estimate of drug-likeness (QED) is 0.639. The molecule has 0 aliphatic carbocycles. The van der Waals surface area contributed by atoms with Gasteiger partial charge in [0.25, 0.3) is 5.72 Å². The summed E-state index contributed by atoms with van der Waals surface area (Å²) in [4.78, 5) is 12.0. The zero-order chi connectivity index (χ0) is 23.0. The monoisotopic (exact) mass is 448 g/mol. The van der Waals surface area contributed by atoms with Crippen LogP contribution in [0, 0.1) is 12.7 Å². The summed E-state index contributed by atoms with van der Waals surface area (Å²) < 4.78 is 21.5. The van der Waals surface area contributed by atoms with Gasteiger partial charge in [0.2, 0.25) is 0 Å². The van der Waals surface area contributed by atoms with E-state index in [2.05, 4.69) is 16.2 Å². The van der Waals surface area contributed by atoms with Gasteiger partial charge >= 0.3 is 0 Å². The summed E-state index contributed by atoms with van der Waals surface area (Å²) in [5, 5.41) is 14.6. The highest BCUT2D eigenvalue weighted by molar-refractivity contribution is 6.03. The van der Waals surface area contributed by atoms with Crippen molar-refractivity contribution in [1.29, 1.82) is 0 Å². The minimum atomic E-state index is -1.22. The molecule has 0 amide bonds. The van der Waals surface area contributed by atoms with Crippen LogP contribution in [-0.4, -0.2) is 45.7 Å². The molecule has 1 N–H and O–H groups in total. The van der Waals surface area contributed by atoms with Crippen LogP contribution in [0.2, 0.25) is 0 Å². The molecule has 3 aromatic rings. The standard InChI is InChI=1S/C25H25FN4O3/c1-17-14-29(16-27-17)22-9-8-18(12-23(22)32-2)11-19-5-4-10-30-24(19)28-33-25(30,15-31)20-6-3-7-21(26)13-20/h3,6-9,11-14,16,31H,4-5,10,15H2,1-2H3/b19-11+. The first-order chi connectivity index (χ1) is 16.0. The highest BCUT2D eigenvalue weighted by atomic mass is 19.1. The van der Waals surface area contributed by atoms with Gasteiger partial charge in [-0.15, -0.1) is 0 Å². The molecular formula is C25H25FN4O3. The molecule has 2 aromatic carbocycles. The maximum atomic E-state index is 13.9. The van der Waals surface area contributed by atoms with Crippen molar-refractivity contribution in [2.24, 2.45) is 5.16 Å². The van der Waals surface area contributed by atoms with Gasteiger partial charge in [0.05, 0.1) is 24.8 Å². The lowest BCUT2D eigenvalue weighted by Gasteiger charge is -2.38. The van der Waals surface area contributed by atoms with Crippen LogP contribution in [-0.2, 0) is 10.6 Å². The predicted molar refractivity (Wildman–Crippen MR) is 122 cm³/mol. The minimum Gasteiger partial charge on any atom is -0.495 e. The topological polar surface area (TPSA) is 72.1 Å². The number of ether oxygens (including phenoxy) is 1. The number of aromatic nitrogens is 2. The van der Waals surface area contributed by atoms with Gasteiger partial charge in [0.15, 0.2) is 5.84 Å². The van der Waals surface area contributed by atoms with Gasteiger partial charge in [-0.05, 0) is 61.2 Å². The molecule has 0 bridgehead atoms. The fourth-order valence-corrected chi connectivity index (χ4v) is 4.48. The number of piperidine rings is 1. The second-order valence-corrected chi connectivity index (χ2v) is 8.24. The van der Waals surface area contributed by atoms with Crippen molar-refractivity contribution in [1.82, 2.24) is 14.5 Å². The molecular weight excluding hydrogens is 423 g/mol. The summed E-state index contributed by atoms with van der Waals surface area (Å²) in [5.74, 6) is 1.00. The number of methoxy groups -OCH3 is 1. The van der Waals surface area contributed by atoms with Crippen molar-refractivity contribution in [3.63, 3.8) is 0 Å². The van der Waals surface area contributed by atoms with Crippen LogP contribution in [0.1, 0.15) is 29.7 Å². The van der Waals surface area contributed by atoms with E-state index in [1.54, 1.807) is 25.6 Å². The molecule has 7 nitrogen and oxygen atoms in total. The molecule has 1 saturated heterocycles. The molecule has 1 unspecified atom stereocenters. The molecule has 0 saturated carbocycles. The highest BCUT2D eigenvalue weighted by Gasteiger charge is 2.49. The molecule has 1 atom stereocenters. The Labute approximate surface area is 191 Å². The second kappa shape index (κ2) is 8.37. The van der Waals surface area contributed by atoms with E-state index in [-0.39, 0.29) is 12.4 Å². The molecule has 2 aliphatic heterocycles. The number of rotatable bonds is 5. The first kappa shape index (κ1) is 21.2. The van der Waals surface area contributed by atoms with Gasteiger partial charge in [0.1, 0.15) is 18.2 Å². The van der Waals surface area contributed by atoms with Crippen molar-refractivity contribution in [3.05, 3.63) is 83.2 Å². The predicted octanol–water partition coefficient (Wildman–Crippen LogP) is 4.00. The molecule has 8 heteroatoms. The van der Waals surface area contributed by atoms with Crippen LogP contribution in [0.3, 0.4) is 0 Å². The molecule has 170 valence electrons. The van der Waals surface area contributed by atoms with Crippen LogP contribution < -0.4 is 4.74 Å². The Hall–Kier alpha value is -3.65. The van der Waals surface area contributed by atoms with Gasteiger partial charge in [-0.3, -0.25) is 0 Å². The summed E-state index contributed by atoms with van der Waals surface area (Å²) in [6.07, 6.45) is 7.43. The third kappa shape index (κ3) is 3.66. The Balaban J connectivity index is 1.48. The lowest BCUT2D eigenvalue weighted by molar-refractivity contribution is -0.137. The smallest absolute Gasteiger partial charge is 0.260 e.